The molecule has 0 radical (unpaired) electrons. The standard InChI is InChI=1S/C17H28FNO2/c1-7-10-19-15(16(21-6)17(2,3)4)12-8-9-14(20-5)13(18)11-12/h8-9,11,15-16,19H,7,10H2,1-6H3. The normalized spacial score (nSPS) is 14.8. The van der Waals surface area contributed by atoms with Gasteiger partial charge in [0.1, 0.15) is 0 Å². The lowest BCUT2D eigenvalue weighted by atomic mass is 9.82. The Hall–Kier alpha value is -1.13. The molecule has 0 aliphatic carbocycles. The van der Waals surface area contributed by atoms with Gasteiger partial charge in [0, 0.05) is 7.11 Å². The van der Waals surface area contributed by atoms with Crippen LogP contribution < -0.4 is 10.1 Å². The van der Waals surface area contributed by atoms with Crippen molar-refractivity contribution >= 4 is 0 Å². The van der Waals surface area contributed by atoms with Gasteiger partial charge < -0.3 is 14.8 Å². The Morgan fingerprint density at radius 1 is 1.24 bits per heavy atom. The number of hydrogen-bond donors (Lipinski definition) is 1. The molecule has 4 heteroatoms. The van der Waals surface area contributed by atoms with Crippen molar-refractivity contribution in [1.82, 2.24) is 5.32 Å². The third kappa shape index (κ3) is 4.68. The highest BCUT2D eigenvalue weighted by Crippen LogP contribution is 2.33. The summed E-state index contributed by atoms with van der Waals surface area (Å²) in [6, 6.07) is 5.03. The first kappa shape index (κ1) is 17.9. The van der Waals surface area contributed by atoms with Crippen LogP contribution in [0.1, 0.15) is 45.7 Å². The summed E-state index contributed by atoms with van der Waals surface area (Å²) in [6.45, 7) is 9.34. The van der Waals surface area contributed by atoms with E-state index in [1.807, 2.05) is 6.07 Å². The van der Waals surface area contributed by atoms with Crippen molar-refractivity contribution in [3.8, 4) is 5.75 Å². The minimum Gasteiger partial charge on any atom is -0.494 e. The molecule has 1 N–H and O–H groups in total. The van der Waals surface area contributed by atoms with Gasteiger partial charge in [0.05, 0.1) is 19.3 Å². The topological polar surface area (TPSA) is 30.5 Å². The Morgan fingerprint density at radius 3 is 2.33 bits per heavy atom. The van der Waals surface area contributed by atoms with Gasteiger partial charge in [-0.1, -0.05) is 33.8 Å². The van der Waals surface area contributed by atoms with Crippen molar-refractivity contribution < 1.29 is 13.9 Å². The van der Waals surface area contributed by atoms with E-state index >= 15 is 0 Å². The molecule has 0 amide bonds. The number of halogens is 1. The van der Waals surface area contributed by atoms with Crippen molar-refractivity contribution in [2.75, 3.05) is 20.8 Å². The number of ether oxygens (including phenoxy) is 2. The summed E-state index contributed by atoms with van der Waals surface area (Å²) in [5.74, 6) is -0.0835. The third-order valence-electron chi connectivity index (χ3n) is 3.56. The maximum Gasteiger partial charge on any atom is 0.165 e. The summed E-state index contributed by atoms with van der Waals surface area (Å²) in [5, 5.41) is 3.48. The van der Waals surface area contributed by atoms with Crippen molar-refractivity contribution in [1.29, 1.82) is 0 Å². The summed E-state index contributed by atoms with van der Waals surface area (Å²) in [5.41, 5.74) is 0.819. The molecule has 1 rings (SSSR count). The van der Waals surface area contributed by atoms with E-state index in [1.54, 1.807) is 13.2 Å². The van der Waals surface area contributed by atoms with Crippen LogP contribution in [0.25, 0.3) is 0 Å². The first-order valence-electron chi connectivity index (χ1n) is 7.44. The highest BCUT2D eigenvalue weighted by molar-refractivity contribution is 5.31. The molecule has 1 aromatic rings. The Labute approximate surface area is 127 Å². The van der Waals surface area contributed by atoms with Crippen LogP contribution in [0.15, 0.2) is 18.2 Å². The van der Waals surface area contributed by atoms with Crippen molar-refractivity contribution in [2.24, 2.45) is 5.41 Å². The first-order valence-corrected chi connectivity index (χ1v) is 7.44. The maximum atomic E-state index is 14.0. The van der Waals surface area contributed by atoms with Crippen molar-refractivity contribution in [3.63, 3.8) is 0 Å². The molecule has 2 atom stereocenters. The zero-order valence-corrected chi connectivity index (χ0v) is 14.0. The van der Waals surface area contributed by atoms with E-state index < -0.39 is 0 Å². The van der Waals surface area contributed by atoms with Crippen LogP contribution >= 0.6 is 0 Å². The van der Waals surface area contributed by atoms with Gasteiger partial charge in [-0.2, -0.15) is 0 Å². The molecular formula is C17H28FNO2. The second kappa shape index (κ2) is 7.76. The van der Waals surface area contributed by atoms with Gasteiger partial charge in [-0.15, -0.1) is 0 Å². The number of nitrogens with one attached hydrogen (secondary N) is 1. The van der Waals surface area contributed by atoms with E-state index in [1.165, 1.54) is 13.2 Å². The fourth-order valence-corrected chi connectivity index (χ4v) is 2.57. The van der Waals surface area contributed by atoms with E-state index in [9.17, 15) is 4.39 Å². The fourth-order valence-electron chi connectivity index (χ4n) is 2.57. The van der Waals surface area contributed by atoms with Gasteiger partial charge in [-0.05, 0) is 36.1 Å². The fraction of sp³-hybridized carbons (Fsp3) is 0.647. The molecule has 0 fully saturated rings. The molecule has 0 aliphatic rings. The quantitative estimate of drug-likeness (QED) is 0.827. The Bertz CT molecular complexity index is 443. The van der Waals surface area contributed by atoms with Crippen LogP contribution in [0, 0.1) is 11.2 Å². The molecule has 1 aromatic carbocycles. The van der Waals surface area contributed by atoms with E-state index in [0.29, 0.717) is 0 Å². The third-order valence-corrected chi connectivity index (χ3v) is 3.56. The first-order chi connectivity index (χ1) is 9.85. The summed E-state index contributed by atoms with van der Waals surface area (Å²) >= 11 is 0. The van der Waals surface area contributed by atoms with Crippen LogP contribution in [0.3, 0.4) is 0 Å². The predicted octanol–water partition coefficient (Wildman–Crippen LogP) is 3.94. The van der Waals surface area contributed by atoms with E-state index in [0.717, 1.165) is 18.5 Å². The Morgan fingerprint density at radius 2 is 1.90 bits per heavy atom. The summed E-state index contributed by atoms with van der Waals surface area (Å²) in [6.07, 6.45) is 0.951. The van der Waals surface area contributed by atoms with Crippen LogP contribution in [0.2, 0.25) is 0 Å². The van der Waals surface area contributed by atoms with Gasteiger partial charge in [-0.25, -0.2) is 4.39 Å². The minimum atomic E-state index is -0.345. The SMILES string of the molecule is CCCNC(c1ccc(OC)c(F)c1)C(OC)C(C)(C)C. The molecule has 0 heterocycles. The van der Waals surface area contributed by atoms with Gasteiger partial charge >= 0.3 is 0 Å². The number of benzene rings is 1. The van der Waals surface area contributed by atoms with E-state index in [-0.39, 0.29) is 29.1 Å². The number of rotatable bonds is 7. The van der Waals surface area contributed by atoms with Gasteiger partial charge in [0.25, 0.3) is 0 Å². The minimum absolute atomic E-state index is 0.0585. The molecule has 0 aromatic heterocycles. The van der Waals surface area contributed by atoms with E-state index in [4.69, 9.17) is 9.47 Å². The van der Waals surface area contributed by atoms with Crippen LogP contribution in [-0.2, 0) is 4.74 Å². The maximum absolute atomic E-state index is 14.0. The molecule has 21 heavy (non-hydrogen) atoms. The molecule has 0 saturated heterocycles. The average molecular weight is 297 g/mol. The Balaban J connectivity index is 3.14. The van der Waals surface area contributed by atoms with Gasteiger partial charge in [0.15, 0.2) is 11.6 Å². The van der Waals surface area contributed by atoms with Crippen LogP contribution in [-0.4, -0.2) is 26.9 Å². The van der Waals surface area contributed by atoms with Crippen molar-refractivity contribution in [3.05, 3.63) is 29.6 Å². The predicted molar refractivity (Wildman–Crippen MR) is 84.2 cm³/mol. The molecule has 0 bridgehead atoms. The second-order valence-electron chi connectivity index (χ2n) is 6.35. The average Bonchev–Trinajstić information content (AvgIpc) is 2.41. The lowest BCUT2D eigenvalue weighted by molar-refractivity contribution is -0.0120. The van der Waals surface area contributed by atoms with Crippen molar-refractivity contribution in [2.45, 2.75) is 46.3 Å². The summed E-state index contributed by atoms with van der Waals surface area (Å²) < 4.78 is 24.7. The Kier molecular flexibility index (Phi) is 6.62. The van der Waals surface area contributed by atoms with Gasteiger partial charge in [0.2, 0.25) is 0 Å². The van der Waals surface area contributed by atoms with Gasteiger partial charge in [-0.3, -0.25) is 0 Å². The second-order valence-corrected chi connectivity index (χ2v) is 6.35. The monoisotopic (exact) mass is 297 g/mol. The molecule has 120 valence electrons. The smallest absolute Gasteiger partial charge is 0.165 e. The molecule has 0 aliphatic heterocycles. The lowest BCUT2D eigenvalue weighted by Gasteiger charge is -2.37. The molecule has 3 nitrogen and oxygen atoms in total. The number of hydrogen-bond acceptors (Lipinski definition) is 3. The molecule has 0 saturated carbocycles. The van der Waals surface area contributed by atoms with Crippen LogP contribution in [0.4, 0.5) is 4.39 Å². The summed E-state index contributed by atoms with van der Waals surface area (Å²) in [4.78, 5) is 0. The highest BCUT2D eigenvalue weighted by Gasteiger charge is 2.33. The largest absolute Gasteiger partial charge is 0.494 e. The molecule has 2 unspecified atom stereocenters. The van der Waals surface area contributed by atoms with Crippen LogP contribution in [0.5, 0.6) is 5.75 Å². The molecular weight excluding hydrogens is 269 g/mol. The highest BCUT2D eigenvalue weighted by atomic mass is 19.1. The lowest BCUT2D eigenvalue weighted by Crippen LogP contribution is -2.41. The zero-order valence-electron chi connectivity index (χ0n) is 14.0. The zero-order chi connectivity index (χ0) is 16.0. The molecule has 0 spiro atoms. The van der Waals surface area contributed by atoms with E-state index in [2.05, 4.69) is 33.0 Å². The summed E-state index contributed by atoms with van der Waals surface area (Å²) in [7, 11) is 3.18. The number of methoxy groups -OCH3 is 2.